The average molecular weight is 366 g/mol. The number of ether oxygens (including phenoxy) is 2. The van der Waals surface area contributed by atoms with Crippen LogP contribution in [0.25, 0.3) is 0 Å². The molecule has 1 saturated heterocycles. The minimum atomic E-state index is -0.567. The summed E-state index contributed by atoms with van der Waals surface area (Å²) in [7, 11) is 1.41. The first-order valence-corrected chi connectivity index (χ1v) is 8.57. The van der Waals surface area contributed by atoms with Crippen LogP contribution in [0.5, 0.6) is 5.75 Å². The molecule has 9 heteroatoms. The second kappa shape index (κ2) is 9.14. The number of methoxy groups -OCH3 is 1. The highest BCUT2D eigenvalue weighted by atomic mass is 16.6. The summed E-state index contributed by atoms with van der Waals surface area (Å²) in [5, 5.41) is 13.8. The van der Waals surface area contributed by atoms with Gasteiger partial charge in [-0.1, -0.05) is 0 Å². The first kappa shape index (κ1) is 19.6. The highest BCUT2D eigenvalue weighted by molar-refractivity contribution is 5.93. The van der Waals surface area contributed by atoms with Crippen molar-refractivity contribution in [2.75, 3.05) is 38.7 Å². The van der Waals surface area contributed by atoms with Gasteiger partial charge in [0.1, 0.15) is 17.4 Å². The molecule has 1 aliphatic rings. The molecule has 0 saturated carbocycles. The van der Waals surface area contributed by atoms with Gasteiger partial charge in [0, 0.05) is 0 Å². The standard InChI is InChI=1S/C17H23N3O6/c1-3-26-17(22)12-5-4-8-19(10-12)11-16(21)18-14-7-6-13(25-2)9-15(14)20(23)24/h6-7,9,12H,3-5,8,10-11H2,1-2H3,(H,18,21)/p+1/t12-/m1/s1. The van der Waals surface area contributed by atoms with E-state index in [1.54, 1.807) is 13.0 Å². The number of hydrogen-bond donors (Lipinski definition) is 2. The molecule has 0 aromatic heterocycles. The summed E-state index contributed by atoms with van der Waals surface area (Å²) in [6.07, 6.45) is 1.59. The van der Waals surface area contributed by atoms with Crippen LogP contribution in [-0.4, -0.2) is 50.2 Å². The van der Waals surface area contributed by atoms with Gasteiger partial charge in [0.2, 0.25) is 0 Å². The van der Waals surface area contributed by atoms with Crippen LogP contribution in [0.4, 0.5) is 11.4 Å². The number of quaternary nitrogens is 1. The second-order valence-corrected chi connectivity index (χ2v) is 6.16. The largest absolute Gasteiger partial charge is 0.496 e. The first-order valence-electron chi connectivity index (χ1n) is 8.57. The normalized spacial score (nSPS) is 19.5. The van der Waals surface area contributed by atoms with Crippen LogP contribution in [0.15, 0.2) is 18.2 Å². The zero-order chi connectivity index (χ0) is 19.1. The number of carbonyl (C=O) groups excluding carboxylic acids is 2. The number of amides is 1. The van der Waals surface area contributed by atoms with E-state index in [9.17, 15) is 19.7 Å². The van der Waals surface area contributed by atoms with E-state index in [1.807, 2.05) is 0 Å². The van der Waals surface area contributed by atoms with Crippen LogP contribution in [0.2, 0.25) is 0 Å². The van der Waals surface area contributed by atoms with E-state index >= 15 is 0 Å². The maximum absolute atomic E-state index is 12.3. The summed E-state index contributed by atoms with van der Waals surface area (Å²) in [6, 6.07) is 4.26. The lowest BCUT2D eigenvalue weighted by atomic mass is 9.98. The lowest BCUT2D eigenvalue weighted by Gasteiger charge is -2.28. The van der Waals surface area contributed by atoms with Gasteiger partial charge < -0.3 is 19.7 Å². The molecular weight excluding hydrogens is 342 g/mol. The third-order valence-corrected chi connectivity index (χ3v) is 4.32. The van der Waals surface area contributed by atoms with E-state index in [4.69, 9.17) is 9.47 Å². The Bertz CT molecular complexity index is 678. The van der Waals surface area contributed by atoms with E-state index in [-0.39, 0.29) is 35.7 Å². The number of nitrogens with one attached hydrogen (secondary N) is 2. The second-order valence-electron chi connectivity index (χ2n) is 6.16. The fraction of sp³-hybridized carbons (Fsp3) is 0.529. The Morgan fingerprint density at radius 2 is 2.19 bits per heavy atom. The Hall–Kier alpha value is -2.68. The Morgan fingerprint density at radius 3 is 2.85 bits per heavy atom. The predicted octanol–water partition coefficient (Wildman–Crippen LogP) is 0.400. The van der Waals surface area contributed by atoms with Crippen LogP contribution in [-0.2, 0) is 14.3 Å². The van der Waals surface area contributed by atoms with Crippen molar-refractivity contribution in [2.24, 2.45) is 5.92 Å². The molecule has 0 bridgehead atoms. The molecule has 2 N–H and O–H groups in total. The van der Waals surface area contributed by atoms with Crippen LogP contribution in [0, 0.1) is 16.0 Å². The zero-order valence-electron chi connectivity index (χ0n) is 14.9. The highest BCUT2D eigenvalue weighted by Crippen LogP contribution is 2.28. The molecule has 26 heavy (non-hydrogen) atoms. The molecule has 0 aliphatic carbocycles. The maximum Gasteiger partial charge on any atom is 0.314 e. The fourth-order valence-corrected chi connectivity index (χ4v) is 3.09. The maximum atomic E-state index is 12.3. The fourth-order valence-electron chi connectivity index (χ4n) is 3.09. The van der Waals surface area contributed by atoms with E-state index in [0.717, 1.165) is 24.3 Å². The quantitative estimate of drug-likeness (QED) is 0.410. The third-order valence-electron chi connectivity index (χ3n) is 4.32. The molecular formula is C17H24N3O6+. The lowest BCUT2D eigenvalue weighted by Crippen LogP contribution is -3.14. The number of likely N-dealkylation sites (tertiary alicyclic amines) is 1. The number of anilines is 1. The Kier molecular flexibility index (Phi) is 6.90. The molecule has 1 unspecified atom stereocenters. The van der Waals surface area contributed by atoms with Gasteiger partial charge in [-0.15, -0.1) is 0 Å². The van der Waals surface area contributed by atoms with Crippen molar-refractivity contribution in [2.45, 2.75) is 19.8 Å². The predicted molar refractivity (Wildman–Crippen MR) is 93.2 cm³/mol. The van der Waals surface area contributed by atoms with Gasteiger partial charge >= 0.3 is 5.97 Å². The molecule has 1 amide bonds. The topological polar surface area (TPSA) is 112 Å². The van der Waals surface area contributed by atoms with Crippen molar-refractivity contribution in [3.63, 3.8) is 0 Å². The van der Waals surface area contributed by atoms with E-state index in [1.165, 1.54) is 19.2 Å². The van der Waals surface area contributed by atoms with Gasteiger partial charge in [-0.2, -0.15) is 0 Å². The molecule has 1 heterocycles. The summed E-state index contributed by atoms with van der Waals surface area (Å²) < 4.78 is 10.0. The van der Waals surface area contributed by atoms with Crippen LogP contribution in [0.3, 0.4) is 0 Å². The summed E-state index contributed by atoms with van der Waals surface area (Å²) >= 11 is 0. The first-order chi connectivity index (χ1) is 12.4. The molecule has 1 aromatic rings. The molecule has 9 nitrogen and oxygen atoms in total. The van der Waals surface area contributed by atoms with Crippen LogP contribution >= 0.6 is 0 Å². The van der Waals surface area contributed by atoms with Gasteiger partial charge in [-0.25, -0.2) is 0 Å². The van der Waals surface area contributed by atoms with Crippen molar-refractivity contribution in [3.05, 3.63) is 28.3 Å². The smallest absolute Gasteiger partial charge is 0.314 e. The number of benzene rings is 1. The van der Waals surface area contributed by atoms with Crippen molar-refractivity contribution in [1.82, 2.24) is 0 Å². The summed E-state index contributed by atoms with van der Waals surface area (Å²) in [5.41, 5.74) is -0.102. The van der Waals surface area contributed by atoms with Gasteiger partial charge in [-0.3, -0.25) is 19.7 Å². The number of nitro groups is 1. The van der Waals surface area contributed by atoms with Crippen molar-refractivity contribution >= 4 is 23.3 Å². The molecule has 2 atom stereocenters. The van der Waals surface area contributed by atoms with Crippen LogP contribution in [0.1, 0.15) is 19.8 Å². The number of piperidine rings is 1. The SMILES string of the molecule is CCOC(=O)[C@@H]1CCC[NH+](CC(=O)Nc2ccc(OC)cc2[N+](=O)[O-])C1. The van der Waals surface area contributed by atoms with Gasteiger partial charge in [0.05, 0.1) is 37.8 Å². The summed E-state index contributed by atoms with van der Waals surface area (Å²) in [6.45, 7) is 3.54. The Balaban J connectivity index is 1.98. The Morgan fingerprint density at radius 1 is 1.42 bits per heavy atom. The molecule has 142 valence electrons. The van der Waals surface area contributed by atoms with E-state index in [0.29, 0.717) is 18.9 Å². The lowest BCUT2D eigenvalue weighted by molar-refractivity contribution is -0.899. The number of nitro benzene ring substituents is 1. The monoisotopic (exact) mass is 366 g/mol. The third kappa shape index (κ3) is 5.16. The number of carbonyl (C=O) groups is 2. The van der Waals surface area contributed by atoms with Gasteiger partial charge in [0.15, 0.2) is 6.54 Å². The molecule has 2 rings (SSSR count). The molecule has 0 spiro atoms. The number of esters is 1. The van der Waals surface area contributed by atoms with Crippen molar-refractivity contribution in [1.29, 1.82) is 0 Å². The van der Waals surface area contributed by atoms with Gasteiger partial charge in [-0.05, 0) is 31.9 Å². The number of hydrogen-bond acceptors (Lipinski definition) is 6. The van der Waals surface area contributed by atoms with Crippen molar-refractivity contribution in [3.8, 4) is 5.75 Å². The zero-order valence-corrected chi connectivity index (χ0v) is 14.9. The number of rotatable bonds is 7. The van der Waals surface area contributed by atoms with Crippen molar-refractivity contribution < 1.29 is 28.9 Å². The van der Waals surface area contributed by atoms with Crippen LogP contribution < -0.4 is 15.0 Å². The van der Waals surface area contributed by atoms with Gasteiger partial charge in [0.25, 0.3) is 11.6 Å². The summed E-state index contributed by atoms with van der Waals surface area (Å²) in [5.74, 6) is -0.427. The van der Waals surface area contributed by atoms with E-state index in [2.05, 4.69) is 5.32 Å². The Labute approximate surface area is 151 Å². The average Bonchev–Trinajstić information content (AvgIpc) is 2.62. The minimum absolute atomic E-state index is 0.124. The molecule has 1 aliphatic heterocycles. The summed E-state index contributed by atoms with van der Waals surface area (Å²) in [4.78, 5) is 35.8. The van der Waals surface area contributed by atoms with E-state index < -0.39 is 4.92 Å². The highest BCUT2D eigenvalue weighted by Gasteiger charge is 2.31. The molecule has 0 radical (unpaired) electrons. The molecule has 1 fully saturated rings. The molecule has 1 aromatic carbocycles. The number of nitrogens with zero attached hydrogens (tertiary/aromatic N) is 1. The minimum Gasteiger partial charge on any atom is -0.496 e.